The van der Waals surface area contributed by atoms with Gasteiger partial charge in [-0.2, -0.15) is 0 Å². The monoisotopic (exact) mass is 321 g/mol. The highest BCUT2D eigenvalue weighted by atomic mass is 19.1. The highest BCUT2D eigenvalue weighted by molar-refractivity contribution is 5.60. The van der Waals surface area contributed by atoms with Crippen LogP contribution in [0.2, 0.25) is 0 Å². The van der Waals surface area contributed by atoms with Crippen molar-refractivity contribution in [2.45, 2.75) is 13.3 Å². The standard InChI is InChI=1S/C16H21F2N5/c1-11-20-14(19-8-5-9-23(2)3)10-15(21-11)22-16-12(17)6-4-7-13(16)18/h4,6-7,10H,5,8-9H2,1-3H3,(H2,19,20,21,22). The molecule has 1 aromatic carbocycles. The van der Waals surface area contributed by atoms with Crippen LogP contribution in [0, 0.1) is 18.6 Å². The van der Waals surface area contributed by atoms with Crippen molar-refractivity contribution in [3.05, 3.63) is 41.7 Å². The van der Waals surface area contributed by atoms with Gasteiger partial charge in [0.05, 0.1) is 0 Å². The zero-order chi connectivity index (χ0) is 16.8. The molecule has 7 heteroatoms. The summed E-state index contributed by atoms with van der Waals surface area (Å²) in [7, 11) is 4.03. The fourth-order valence-corrected chi connectivity index (χ4v) is 2.08. The van der Waals surface area contributed by atoms with E-state index in [1.54, 1.807) is 13.0 Å². The molecule has 0 aliphatic carbocycles. The molecule has 0 amide bonds. The molecule has 0 spiro atoms. The molecule has 1 aromatic heterocycles. The van der Waals surface area contributed by atoms with Gasteiger partial charge in [0, 0.05) is 12.6 Å². The highest BCUT2D eigenvalue weighted by Gasteiger charge is 2.10. The second-order valence-corrected chi connectivity index (χ2v) is 5.49. The molecule has 0 aliphatic rings. The Morgan fingerprint density at radius 3 is 2.39 bits per heavy atom. The second-order valence-electron chi connectivity index (χ2n) is 5.49. The zero-order valence-electron chi connectivity index (χ0n) is 13.5. The van der Waals surface area contributed by atoms with E-state index in [4.69, 9.17) is 0 Å². The molecular formula is C16H21F2N5. The second kappa shape index (κ2) is 7.82. The van der Waals surface area contributed by atoms with Gasteiger partial charge in [0.2, 0.25) is 0 Å². The predicted molar refractivity (Wildman–Crippen MR) is 88.1 cm³/mol. The smallest absolute Gasteiger partial charge is 0.149 e. The summed E-state index contributed by atoms with van der Waals surface area (Å²) in [5.41, 5.74) is -0.218. The summed E-state index contributed by atoms with van der Waals surface area (Å²) >= 11 is 0. The molecule has 0 bridgehead atoms. The van der Waals surface area contributed by atoms with E-state index in [1.807, 2.05) is 14.1 Å². The van der Waals surface area contributed by atoms with Crippen LogP contribution in [0.1, 0.15) is 12.2 Å². The number of nitrogens with one attached hydrogen (secondary N) is 2. The SMILES string of the molecule is Cc1nc(NCCCN(C)C)cc(Nc2c(F)cccc2F)n1. The van der Waals surface area contributed by atoms with E-state index in [2.05, 4.69) is 25.5 Å². The molecule has 0 atom stereocenters. The van der Waals surface area contributed by atoms with Crippen LogP contribution in [0.4, 0.5) is 26.1 Å². The van der Waals surface area contributed by atoms with Crippen molar-refractivity contribution in [1.82, 2.24) is 14.9 Å². The Balaban J connectivity index is 2.08. The normalized spacial score (nSPS) is 10.9. The van der Waals surface area contributed by atoms with Crippen molar-refractivity contribution in [1.29, 1.82) is 0 Å². The molecule has 2 aromatic rings. The van der Waals surface area contributed by atoms with Gasteiger partial charge >= 0.3 is 0 Å². The number of nitrogens with zero attached hydrogens (tertiary/aromatic N) is 3. The molecule has 1 heterocycles. The van der Waals surface area contributed by atoms with Crippen molar-refractivity contribution in [3.8, 4) is 0 Å². The first-order chi connectivity index (χ1) is 11.0. The van der Waals surface area contributed by atoms with Gasteiger partial charge in [0.25, 0.3) is 0 Å². The largest absolute Gasteiger partial charge is 0.370 e. The van der Waals surface area contributed by atoms with Gasteiger partial charge in [-0.3, -0.25) is 0 Å². The lowest BCUT2D eigenvalue weighted by atomic mass is 10.3. The van der Waals surface area contributed by atoms with Gasteiger partial charge in [-0.1, -0.05) is 6.07 Å². The first kappa shape index (κ1) is 17.1. The molecule has 23 heavy (non-hydrogen) atoms. The Labute approximate surface area is 134 Å². The molecule has 0 saturated carbocycles. The van der Waals surface area contributed by atoms with Crippen LogP contribution >= 0.6 is 0 Å². The summed E-state index contributed by atoms with van der Waals surface area (Å²) in [6.45, 7) is 3.44. The Kier molecular flexibility index (Phi) is 5.81. The van der Waals surface area contributed by atoms with E-state index in [0.717, 1.165) is 19.5 Å². The van der Waals surface area contributed by atoms with E-state index in [1.165, 1.54) is 18.2 Å². The molecule has 0 radical (unpaired) electrons. The third-order valence-corrected chi connectivity index (χ3v) is 3.14. The molecule has 0 fully saturated rings. The Morgan fingerprint density at radius 1 is 1.09 bits per heavy atom. The number of benzene rings is 1. The number of aryl methyl sites for hydroxylation is 1. The number of halogens is 2. The number of para-hydroxylation sites is 1. The quantitative estimate of drug-likeness (QED) is 0.767. The van der Waals surface area contributed by atoms with Crippen LogP contribution < -0.4 is 10.6 Å². The number of aromatic nitrogens is 2. The summed E-state index contributed by atoms with van der Waals surface area (Å²) in [4.78, 5) is 10.5. The van der Waals surface area contributed by atoms with E-state index in [-0.39, 0.29) is 5.69 Å². The van der Waals surface area contributed by atoms with Crippen LogP contribution in [0.3, 0.4) is 0 Å². The summed E-state index contributed by atoms with van der Waals surface area (Å²) in [5.74, 6) is 0.150. The van der Waals surface area contributed by atoms with E-state index >= 15 is 0 Å². The molecule has 5 nitrogen and oxygen atoms in total. The fourth-order valence-electron chi connectivity index (χ4n) is 2.08. The predicted octanol–water partition coefficient (Wildman–Crippen LogP) is 3.17. The lowest BCUT2D eigenvalue weighted by molar-refractivity contribution is 0.405. The van der Waals surface area contributed by atoms with Crippen molar-refractivity contribution in [2.75, 3.05) is 37.8 Å². The lowest BCUT2D eigenvalue weighted by Crippen LogP contribution is -2.17. The van der Waals surface area contributed by atoms with Crippen LogP contribution in [0.15, 0.2) is 24.3 Å². The van der Waals surface area contributed by atoms with Gasteiger partial charge in [0.15, 0.2) is 0 Å². The van der Waals surface area contributed by atoms with Crippen LogP contribution in [-0.2, 0) is 0 Å². The van der Waals surface area contributed by atoms with Gasteiger partial charge in [-0.15, -0.1) is 0 Å². The van der Waals surface area contributed by atoms with Crippen molar-refractivity contribution < 1.29 is 8.78 Å². The number of hydrogen-bond donors (Lipinski definition) is 2. The number of anilines is 3. The highest BCUT2D eigenvalue weighted by Crippen LogP contribution is 2.23. The molecule has 2 rings (SSSR count). The maximum Gasteiger partial charge on any atom is 0.149 e. The summed E-state index contributed by atoms with van der Waals surface area (Å²) in [6, 6.07) is 5.34. The zero-order valence-corrected chi connectivity index (χ0v) is 13.5. The summed E-state index contributed by atoms with van der Waals surface area (Å²) in [6.07, 6.45) is 0.959. The van der Waals surface area contributed by atoms with E-state index < -0.39 is 11.6 Å². The first-order valence-electron chi connectivity index (χ1n) is 7.41. The minimum atomic E-state index is -0.665. The molecule has 0 unspecified atom stereocenters. The van der Waals surface area contributed by atoms with Crippen molar-refractivity contribution in [2.24, 2.45) is 0 Å². The maximum atomic E-state index is 13.7. The van der Waals surface area contributed by atoms with Gasteiger partial charge in [0.1, 0.15) is 34.8 Å². The van der Waals surface area contributed by atoms with Crippen LogP contribution in [0.25, 0.3) is 0 Å². The van der Waals surface area contributed by atoms with Crippen LogP contribution in [0.5, 0.6) is 0 Å². The minimum absolute atomic E-state index is 0.218. The van der Waals surface area contributed by atoms with Gasteiger partial charge < -0.3 is 15.5 Å². The molecule has 2 N–H and O–H groups in total. The first-order valence-corrected chi connectivity index (χ1v) is 7.41. The van der Waals surface area contributed by atoms with Gasteiger partial charge in [-0.05, 0) is 46.1 Å². The molecule has 124 valence electrons. The topological polar surface area (TPSA) is 53.1 Å². The summed E-state index contributed by atoms with van der Waals surface area (Å²) < 4.78 is 27.4. The van der Waals surface area contributed by atoms with E-state index in [9.17, 15) is 8.78 Å². The molecular weight excluding hydrogens is 300 g/mol. The lowest BCUT2D eigenvalue weighted by Gasteiger charge is -2.12. The average molecular weight is 321 g/mol. The third kappa shape index (κ3) is 5.14. The van der Waals surface area contributed by atoms with Crippen molar-refractivity contribution in [3.63, 3.8) is 0 Å². The Morgan fingerprint density at radius 2 is 1.74 bits per heavy atom. The fraction of sp³-hybridized carbons (Fsp3) is 0.375. The number of rotatable bonds is 7. The van der Waals surface area contributed by atoms with Crippen LogP contribution in [-0.4, -0.2) is 42.1 Å². The average Bonchev–Trinajstić information content (AvgIpc) is 2.47. The Bertz CT molecular complexity index is 641. The molecule has 0 aliphatic heterocycles. The van der Waals surface area contributed by atoms with Crippen molar-refractivity contribution >= 4 is 17.3 Å². The van der Waals surface area contributed by atoms with E-state index in [0.29, 0.717) is 17.5 Å². The third-order valence-electron chi connectivity index (χ3n) is 3.14. The molecule has 0 saturated heterocycles. The number of hydrogen-bond acceptors (Lipinski definition) is 5. The Hall–Kier alpha value is -2.28. The summed E-state index contributed by atoms with van der Waals surface area (Å²) in [5, 5.41) is 5.87. The maximum absolute atomic E-state index is 13.7. The minimum Gasteiger partial charge on any atom is -0.370 e. The van der Waals surface area contributed by atoms with Gasteiger partial charge in [-0.25, -0.2) is 18.7 Å².